The van der Waals surface area contributed by atoms with Crippen LogP contribution >= 0.6 is 0 Å². The van der Waals surface area contributed by atoms with Crippen molar-refractivity contribution in [3.8, 4) is 0 Å². The first kappa shape index (κ1) is 9.71. The molecule has 1 aromatic carbocycles. The van der Waals surface area contributed by atoms with E-state index in [4.69, 9.17) is 4.74 Å². The zero-order chi connectivity index (χ0) is 10.7. The van der Waals surface area contributed by atoms with Crippen molar-refractivity contribution < 1.29 is 9.53 Å². The van der Waals surface area contributed by atoms with Crippen LogP contribution in [0.1, 0.15) is 12.5 Å². The van der Waals surface area contributed by atoms with Gasteiger partial charge < -0.3 is 10.1 Å². The standard InChI is InChI=1S/C11H12N2O2/c1-8(14)13-10-5-3-2-4-9(10)11-12-6-7-15-11/h2-5H,6-7H2,1H3,(H,13,14). The molecular formula is C11H12N2O2. The molecule has 1 heterocycles. The topological polar surface area (TPSA) is 50.7 Å². The maximum absolute atomic E-state index is 11.0. The predicted octanol–water partition coefficient (Wildman–Crippen LogP) is 1.42. The second-order valence-corrected chi connectivity index (χ2v) is 3.26. The fourth-order valence-corrected chi connectivity index (χ4v) is 1.47. The average molecular weight is 204 g/mol. The largest absolute Gasteiger partial charge is 0.475 e. The summed E-state index contributed by atoms with van der Waals surface area (Å²) in [7, 11) is 0. The summed E-state index contributed by atoms with van der Waals surface area (Å²) < 4.78 is 5.36. The van der Waals surface area contributed by atoms with Crippen molar-refractivity contribution in [2.24, 2.45) is 4.99 Å². The number of ether oxygens (including phenoxy) is 1. The lowest BCUT2D eigenvalue weighted by atomic mass is 10.1. The van der Waals surface area contributed by atoms with E-state index in [0.717, 1.165) is 11.3 Å². The number of para-hydroxylation sites is 1. The van der Waals surface area contributed by atoms with E-state index in [1.807, 2.05) is 24.3 Å². The molecular weight excluding hydrogens is 192 g/mol. The first-order valence-corrected chi connectivity index (χ1v) is 4.81. The number of aliphatic imine (C=N–C) groups is 1. The van der Waals surface area contributed by atoms with Crippen LogP contribution in [0.3, 0.4) is 0 Å². The summed E-state index contributed by atoms with van der Waals surface area (Å²) in [5, 5.41) is 2.75. The van der Waals surface area contributed by atoms with Gasteiger partial charge in [-0.3, -0.25) is 4.79 Å². The van der Waals surface area contributed by atoms with E-state index in [1.165, 1.54) is 6.92 Å². The highest BCUT2D eigenvalue weighted by atomic mass is 16.5. The molecule has 0 bridgehead atoms. The Bertz CT molecular complexity index is 413. The first-order chi connectivity index (χ1) is 7.27. The molecule has 4 nitrogen and oxygen atoms in total. The Morgan fingerprint density at radius 1 is 1.47 bits per heavy atom. The van der Waals surface area contributed by atoms with Crippen LogP contribution in [0.4, 0.5) is 5.69 Å². The number of amides is 1. The van der Waals surface area contributed by atoms with Crippen LogP contribution in [0.5, 0.6) is 0 Å². The van der Waals surface area contributed by atoms with Gasteiger partial charge in [0.1, 0.15) is 6.61 Å². The Morgan fingerprint density at radius 3 is 2.93 bits per heavy atom. The number of rotatable bonds is 2. The lowest BCUT2D eigenvalue weighted by Crippen LogP contribution is -2.11. The Kier molecular flexibility index (Phi) is 2.67. The van der Waals surface area contributed by atoms with Gasteiger partial charge in [-0.25, -0.2) is 4.99 Å². The second kappa shape index (κ2) is 4.13. The highest BCUT2D eigenvalue weighted by Crippen LogP contribution is 2.18. The van der Waals surface area contributed by atoms with Crippen LogP contribution < -0.4 is 5.32 Å². The third kappa shape index (κ3) is 2.15. The lowest BCUT2D eigenvalue weighted by Gasteiger charge is -2.08. The van der Waals surface area contributed by atoms with Crippen molar-refractivity contribution in [3.05, 3.63) is 29.8 Å². The number of hydrogen-bond donors (Lipinski definition) is 1. The van der Waals surface area contributed by atoms with Gasteiger partial charge in [-0.05, 0) is 12.1 Å². The fourth-order valence-electron chi connectivity index (χ4n) is 1.47. The van der Waals surface area contributed by atoms with Crippen molar-refractivity contribution in [3.63, 3.8) is 0 Å². The molecule has 0 spiro atoms. The van der Waals surface area contributed by atoms with Crippen LogP contribution in [0.15, 0.2) is 29.3 Å². The number of hydrogen-bond acceptors (Lipinski definition) is 3. The minimum atomic E-state index is -0.0963. The molecule has 0 aromatic heterocycles. The maximum atomic E-state index is 11.0. The van der Waals surface area contributed by atoms with Crippen molar-refractivity contribution in [1.82, 2.24) is 0 Å². The summed E-state index contributed by atoms with van der Waals surface area (Å²) in [5.41, 5.74) is 1.58. The van der Waals surface area contributed by atoms with Crippen LogP contribution in [0.25, 0.3) is 0 Å². The van der Waals surface area contributed by atoms with Gasteiger partial charge in [0.15, 0.2) is 0 Å². The highest BCUT2D eigenvalue weighted by Gasteiger charge is 2.14. The van der Waals surface area contributed by atoms with Gasteiger partial charge in [0.05, 0.1) is 17.8 Å². The number of carbonyl (C=O) groups is 1. The molecule has 1 aliphatic rings. The molecule has 0 atom stereocenters. The van der Waals surface area contributed by atoms with Gasteiger partial charge in [0, 0.05) is 6.92 Å². The van der Waals surface area contributed by atoms with Crippen LogP contribution in [-0.4, -0.2) is 25.0 Å². The van der Waals surface area contributed by atoms with E-state index >= 15 is 0 Å². The van der Waals surface area contributed by atoms with E-state index in [1.54, 1.807) is 0 Å². The third-order valence-corrected chi connectivity index (χ3v) is 2.05. The molecule has 4 heteroatoms. The maximum Gasteiger partial charge on any atom is 0.221 e. The van der Waals surface area contributed by atoms with Gasteiger partial charge in [0.25, 0.3) is 0 Å². The summed E-state index contributed by atoms with van der Waals surface area (Å²) in [5.74, 6) is 0.514. The van der Waals surface area contributed by atoms with Gasteiger partial charge in [-0.1, -0.05) is 12.1 Å². The summed E-state index contributed by atoms with van der Waals surface area (Å²) in [6.07, 6.45) is 0. The molecule has 1 aliphatic heterocycles. The molecule has 78 valence electrons. The second-order valence-electron chi connectivity index (χ2n) is 3.26. The van der Waals surface area contributed by atoms with Crippen molar-refractivity contribution >= 4 is 17.5 Å². The SMILES string of the molecule is CC(=O)Nc1ccccc1C1=NCCO1. The van der Waals surface area contributed by atoms with Crippen LogP contribution in [0, 0.1) is 0 Å². The molecule has 0 unspecified atom stereocenters. The summed E-state index contributed by atoms with van der Waals surface area (Å²) in [4.78, 5) is 15.2. The summed E-state index contributed by atoms with van der Waals surface area (Å²) >= 11 is 0. The number of nitrogens with one attached hydrogen (secondary N) is 1. The van der Waals surface area contributed by atoms with E-state index in [2.05, 4.69) is 10.3 Å². The number of benzene rings is 1. The third-order valence-electron chi connectivity index (χ3n) is 2.05. The number of anilines is 1. The summed E-state index contributed by atoms with van der Waals surface area (Å²) in [6, 6.07) is 7.48. The van der Waals surface area contributed by atoms with E-state index in [0.29, 0.717) is 19.0 Å². The molecule has 0 fully saturated rings. The first-order valence-electron chi connectivity index (χ1n) is 4.81. The van der Waals surface area contributed by atoms with Crippen molar-refractivity contribution in [2.75, 3.05) is 18.5 Å². The minimum absolute atomic E-state index is 0.0963. The molecule has 1 N–H and O–H groups in total. The van der Waals surface area contributed by atoms with Gasteiger partial charge in [-0.2, -0.15) is 0 Å². The molecule has 0 radical (unpaired) electrons. The monoisotopic (exact) mass is 204 g/mol. The van der Waals surface area contributed by atoms with E-state index in [9.17, 15) is 4.79 Å². The molecule has 1 amide bonds. The predicted molar refractivity (Wildman–Crippen MR) is 58.1 cm³/mol. The van der Waals surface area contributed by atoms with Gasteiger partial charge >= 0.3 is 0 Å². The molecule has 1 aromatic rings. The lowest BCUT2D eigenvalue weighted by molar-refractivity contribution is -0.114. The van der Waals surface area contributed by atoms with Crippen molar-refractivity contribution in [1.29, 1.82) is 0 Å². The Labute approximate surface area is 88.0 Å². The number of carbonyl (C=O) groups excluding carboxylic acids is 1. The fraction of sp³-hybridized carbons (Fsp3) is 0.273. The Morgan fingerprint density at radius 2 is 2.27 bits per heavy atom. The zero-order valence-electron chi connectivity index (χ0n) is 8.49. The summed E-state index contributed by atoms with van der Waals surface area (Å²) in [6.45, 7) is 2.78. The molecule has 2 rings (SSSR count). The molecule has 0 saturated carbocycles. The highest BCUT2D eigenvalue weighted by molar-refractivity contribution is 6.03. The van der Waals surface area contributed by atoms with Crippen LogP contribution in [-0.2, 0) is 9.53 Å². The average Bonchev–Trinajstić information content (AvgIpc) is 2.70. The smallest absolute Gasteiger partial charge is 0.221 e. The Hall–Kier alpha value is -1.84. The van der Waals surface area contributed by atoms with Crippen molar-refractivity contribution in [2.45, 2.75) is 6.92 Å². The van der Waals surface area contributed by atoms with E-state index in [-0.39, 0.29) is 5.91 Å². The minimum Gasteiger partial charge on any atom is -0.475 e. The zero-order valence-corrected chi connectivity index (χ0v) is 8.49. The number of nitrogens with zero attached hydrogens (tertiary/aromatic N) is 1. The molecule has 0 saturated heterocycles. The molecule has 0 aliphatic carbocycles. The molecule has 15 heavy (non-hydrogen) atoms. The van der Waals surface area contributed by atoms with Gasteiger partial charge in [-0.15, -0.1) is 0 Å². The van der Waals surface area contributed by atoms with E-state index < -0.39 is 0 Å². The van der Waals surface area contributed by atoms with Gasteiger partial charge in [0.2, 0.25) is 11.8 Å². The Balaban J connectivity index is 2.33. The van der Waals surface area contributed by atoms with Crippen LogP contribution in [0.2, 0.25) is 0 Å². The quantitative estimate of drug-likeness (QED) is 0.792. The normalized spacial score (nSPS) is 14.3.